The molecule has 1 rings (SSSR count). The highest BCUT2D eigenvalue weighted by Crippen LogP contribution is 2.11. The lowest BCUT2D eigenvalue weighted by atomic mass is 9.97. The highest BCUT2D eigenvalue weighted by molar-refractivity contribution is 5.83. The molecular weight excluding hydrogens is 198 g/mol. The third-order valence-corrected chi connectivity index (χ3v) is 2.85. The molecule has 0 aliphatic rings. The molecule has 0 heterocycles. The van der Waals surface area contributed by atoms with Crippen LogP contribution in [0.2, 0.25) is 0 Å². The van der Waals surface area contributed by atoms with E-state index in [9.17, 15) is 0 Å². The molecule has 0 bridgehead atoms. The SMILES string of the molecule is CC(C)[C@@H](C)C(=NCc1ccccc1)NN. The number of nitrogens with one attached hydrogen (secondary N) is 1. The van der Waals surface area contributed by atoms with Gasteiger partial charge in [0.15, 0.2) is 0 Å². The summed E-state index contributed by atoms with van der Waals surface area (Å²) in [5, 5.41) is 0. The second-order valence-corrected chi connectivity index (χ2v) is 4.36. The Morgan fingerprint density at radius 1 is 1.25 bits per heavy atom. The van der Waals surface area contributed by atoms with Gasteiger partial charge in [0.1, 0.15) is 5.84 Å². The number of benzene rings is 1. The number of amidine groups is 1. The van der Waals surface area contributed by atoms with Crippen molar-refractivity contribution in [1.29, 1.82) is 0 Å². The lowest BCUT2D eigenvalue weighted by Crippen LogP contribution is -2.37. The van der Waals surface area contributed by atoms with Gasteiger partial charge in [-0.25, -0.2) is 5.84 Å². The molecule has 1 atom stereocenters. The minimum atomic E-state index is 0.355. The number of hydrogen-bond acceptors (Lipinski definition) is 2. The predicted octanol–water partition coefficient (Wildman–Crippen LogP) is 2.34. The molecule has 88 valence electrons. The van der Waals surface area contributed by atoms with Gasteiger partial charge in [-0.1, -0.05) is 51.1 Å². The number of hydrogen-bond donors (Lipinski definition) is 2. The zero-order chi connectivity index (χ0) is 12.0. The Morgan fingerprint density at radius 3 is 2.38 bits per heavy atom. The van der Waals surface area contributed by atoms with E-state index in [0.717, 1.165) is 5.84 Å². The molecule has 0 saturated heterocycles. The second-order valence-electron chi connectivity index (χ2n) is 4.36. The topological polar surface area (TPSA) is 50.4 Å². The van der Waals surface area contributed by atoms with Gasteiger partial charge in [-0.2, -0.15) is 0 Å². The largest absolute Gasteiger partial charge is 0.312 e. The van der Waals surface area contributed by atoms with Gasteiger partial charge < -0.3 is 5.43 Å². The Hall–Kier alpha value is -1.35. The summed E-state index contributed by atoms with van der Waals surface area (Å²) in [5.74, 6) is 7.26. The van der Waals surface area contributed by atoms with E-state index in [4.69, 9.17) is 5.84 Å². The Balaban J connectivity index is 2.67. The van der Waals surface area contributed by atoms with E-state index >= 15 is 0 Å². The average molecular weight is 219 g/mol. The molecule has 1 aromatic rings. The maximum atomic E-state index is 5.49. The van der Waals surface area contributed by atoms with Gasteiger partial charge in [-0.3, -0.25) is 4.99 Å². The maximum Gasteiger partial charge on any atom is 0.114 e. The number of rotatable bonds is 4. The summed E-state index contributed by atoms with van der Waals surface area (Å²) in [6, 6.07) is 10.2. The smallest absolute Gasteiger partial charge is 0.114 e. The third-order valence-electron chi connectivity index (χ3n) is 2.85. The predicted molar refractivity (Wildman–Crippen MR) is 68.9 cm³/mol. The van der Waals surface area contributed by atoms with Gasteiger partial charge in [0.2, 0.25) is 0 Å². The number of nitrogens with zero attached hydrogens (tertiary/aromatic N) is 1. The monoisotopic (exact) mass is 219 g/mol. The molecule has 0 aliphatic heterocycles. The fraction of sp³-hybridized carbons (Fsp3) is 0.462. The van der Waals surface area contributed by atoms with Gasteiger partial charge in [0, 0.05) is 5.92 Å². The molecule has 0 amide bonds. The van der Waals surface area contributed by atoms with Gasteiger partial charge >= 0.3 is 0 Å². The zero-order valence-corrected chi connectivity index (χ0v) is 10.3. The third kappa shape index (κ3) is 3.66. The van der Waals surface area contributed by atoms with Crippen molar-refractivity contribution in [3.05, 3.63) is 35.9 Å². The first-order valence-electron chi connectivity index (χ1n) is 5.70. The normalized spacial score (nSPS) is 13.9. The molecule has 0 aliphatic carbocycles. The van der Waals surface area contributed by atoms with Crippen molar-refractivity contribution in [3.63, 3.8) is 0 Å². The molecule has 0 spiro atoms. The summed E-state index contributed by atoms with van der Waals surface area (Å²) in [6.45, 7) is 7.14. The molecule has 0 saturated carbocycles. The summed E-state index contributed by atoms with van der Waals surface area (Å²) in [7, 11) is 0. The summed E-state index contributed by atoms with van der Waals surface area (Å²) in [5.41, 5.74) is 3.90. The van der Waals surface area contributed by atoms with Crippen molar-refractivity contribution in [2.24, 2.45) is 22.7 Å². The minimum Gasteiger partial charge on any atom is -0.312 e. The average Bonchev–Trinajstić information content (AvgIpc) is 2.30. The Labute approximate surface area is 97.7 Å². The summed E-state index contributed by atoms with van der Waals surface area (Å²) >= 11 is 0. The van der Waals surface area contributed by atoms with Gasteiger partial charge in [0.25, 0.3) is 0 Å². The highest BCUT2D eigenvalue weighted by Gasteiger charge is 2.12. The maximum absolute atomic E-state index is 5.49. The number of hydrazine groups is 1. The summed E-state index contributed by atoms with van der Waals surface area (Å²) < 4.78 is 0. The van der Waals surface area contributed by atoms with Gasteiger partial charge in [0.05, 0.1) is 6.54 Å². The first kappa shape index (κ1) is 12.7. The second kappa shape index (κ2) is 6.28. The lowest BCUT2D eigenvalue weighted by Gasteiger charge is -2.17. The van der Waals surface area contributed by atoms with Crippen LogP contribution in [-0.4, -0.2) is 5.84 Å². The van der Waals surface area contributed by atoms with E-state index < -0.39 is 0 Å². The van der Waals surface area contributed by atoms with E-state index in [1.54, 1.807) is 0 Å². The first-order valence-corrected chi connectivity index (χ1v) is 5.70. The molecule has 1 aromatic carbocycles. The van der Waals surface area contributed by atoms with Crippen molar-refractivity contribution in [2.45, 2.75) is 27.3 Å². The molecule has 16 heavy (non-hydrogen) atoms. The van der Waals surface area contributed by atoms with Crippen LogP contribution in [-0.2, 0) is 6.54 Å². The molecule has 0 aromatic heterocycles. The molecule has 0 radical (unpaired) electrons. The quantitative estimate of drug-likeness (QED) is 0.353. The van der Waals surface area contributed by atoms with Crippen molar-refractivity contribution in [3.8, 4) is 0 Å². The standard InChI is InChI=1S/C13H21N3/c1-10(2)11(3)13(16-14)15-9-12-7-5-4-6-8-12/h4-8,10-11H,9,14H2,1-3H3,(H,15,16)/t11-/m1/s1. The van der Waals surface area contributed by atoms with E-state index in [-0.39, 0.29) is 0 Å². The van der Waals surface area contributed by atoms with Crippen LogP contribution >= 0.6 is 0 Å². The van der Waals surface area contributed by atoms with Gasteiger partial charge in [-0.05, 0) is 11.5 Å². The fourth-order valence-electron chi connectivity index (χ4n) is 1.40. The molecule has 3 nitrogen and oxygen atoms in total. The Kier molecular flexibility index (Phi) is 4.99. The Morgan fingerprint density at radius 2 is 1.88 bits per heavy atom. The molecule has 3 N–H and O–H groups in total. The van der Waals surface area contributed by atoms with Crippen molar-refractivity contribution in [2.75, 3.05) is 0 Å². The van der Waals surface area contributed by atoms with Crippen LogP contribution in [0.1, 0.15) is 26.3 Å². The number of nitrogens with two attached hydrogens (primary N) is 1. The lowest BCUT2D eigenvalue weighted by molar-refractivity contribution is 0.517. The highest BCUT2D eigenvalue weighted by atomic mass is 15.3. The fourth-order valence-corrected chi connectivity index (χ4v) is 1.40. The van der Waals surface area contributed by atoms with Crippen LogP contribution in [0.15, 0.2) is 35.3 Å². The molecule has 0 fully saturated rings. The van der Waals surface area contributed by atoms with E-state index in [2.05, 4.69) is 43.3 Å². The van der Waals surface area contributed by atoms with Crippen molar-refractivity contribution < 1.29 is 0 Å². The minimum absolute atomic E-state index is 0.355. The first-order chi connectivity index (χ1) is 7.65. The van der Waals surface area contributed by atoms with E-state index in [1.165, 1.54) is 5.56 Å². The van der Waals surface area contributed by atoms with Gasteiger partial charge in [-0.15, -0.1) is 0 Å². The van der Waals surface area contributed by atoms with E-state index in [1.807, 2.05) is 18.2 Å². The van der Waals surface area contributed by atoms with Crippen LogP contribution in [0.5, 0.6) is 0 Å². The molecular formula is C13H21N3. The summed E-state index contributed by atoms with van der Waals surface area (Å²) in [4.78, 5) is 4.51. The molecule has 3 heteroatoms. The van der Waals surface area contributed by atoms with Crippen LogP contribution in [0, 0.1) is 11.8 Å². The van der Waals surface area contributed by atoms with Crippen molar-refractivity contribution >= 4 is 5.84 Å². The van der Waals surface area contributed by atoms with Crippen LogP contribution in [0.25, 0.3) is 0 Å². The Bertz CT molecular complexity index is 330. The van der Waals surface area contributed by atoms with Crippen LogP contribution in [0.4, 0.5) is 0 Å². The van der Waals surface area contributed by atoms with Crippen molar-refractivity contribution in [1.82, 2.24) is 5.43 Å². The van der Waals surface area contributed by atoms with Crippen LogP contribution in [0.3, 0.4) is 0 Å². The summed E-state index contributed by atoms with van der Waals surface area (Å²) in [6.07, 6.45) is 0. The van der Waals surface area contributed by atoms with Crippen LogP contribution < -0.4 is 11.3 Å². The van der Waals surface area contributed by atoms with E-state index in [0.29, 0.717) is 18.4 Å². The molecule has 0 unspecified atom stereocenters. The number of aliphatic imine (C=N–C) groups is 1. The zero-order valence-electron chi connectivity index (χ0n) is 10.3.